The molecular weight excluding hydrogens is 248 g/mol. The van der Waals surface area contributed by atoms with E-state index in [9.17, 15) is 0 Å². The average Bonchev–Trinajstić information content (AvgIpc) is 2.88. The summed E-state index contributed by atoms with van der Waals surface area (Å²) < 4.78 is 4.92. The van der Waals surface area contributed by atoms with Crippen LogP contribution in [0.3, 0.4) is 0 Å². The van der Waals surface area contributed by atoms with Gasteiger partial charge in [0.25, 0.3) is 0 Å². The van der Waals surface area contributed by atoms with E-state index in [0.717, 1.165) is 36.4 Å². The van der Waals surface area contributed by atoms with Crippen molar-refractivity contribution in [1.29, 1.82) is 0 Å². The van der Waals surface area contributed by atoms with Crippen molar-refractivity contribution < 1.29 is 4.52 Å². The summed E-state index contributed by atoms with van der Waals surface area (Å²) in [6.45, 7) is 8.05. The summed E-state index contributed by atoms with van der Waals surface area (Å²) >= 11 is 1.85. The molecule has 100 valence electrons. The quantitative estimate of drug-likeness (QED) is 0.885. The summed E-state index contributed by atoms with van der Waals surface area (Å²) in [5, 5.41) is 8.89. The summed E-state index contributed by atoms with van der Waals surface area (Å²) in [5.74, 6) is 2.11. The zero-order valence-corrected chi connectivity index (χ0v) is 12.0. The third-order valence-corrected chi connectivity index (χ3v) is 3.82. The molecular formula is C12H20N4OS. The first-order chi connectivity index (χ1) is 8.63. The first-order valence-corrected chi connectivity index (χ1v) is 7.25. The van der Waals surface area contributed by atoms with Crippen molar-refractivity contribution >= 4 is 16.9 Å². The lowest BCUT2D eigenvalue weighted by Crippen LogP contribution is -2.22. The van der Waals surface area contributed by atoms with Gasteiger partial charge in [-0.2, -0.15) is 4.98 Å². The summed E-state index contributed by atoms with van der Waals surface area (Å²) in [7, 11) is 0. The highest BCUT2D eigenvalue weighted by molar-refractivity contribution is 8.14. The number of nitrogens with one attached hydrogen (secondary N) is 1. The monoisotopic (exact) mass is 268 g/mol. The van der Waals surface area contributed by atoms with Crippen LogP contribution in [0.2, 0.25) is 0 Å². The molecule has 2 heterocycles. The molecule has 0 saturated heterocycles. The molecule has 1 aliphatic rings. The predicted octanol–water partition coefficient (Wildman–Crippen LogP) is 2.03. The maximum absolute atomic E-state index is 4.92. The van der Waals surface area contributed by atoms with Gasteiger partial charge >= 0.3 is 0 Å². The highest BCUT2D eigenvalue weighted by atomic mass is 32.2. The van der Waals surface area contributed by atoms with Gasteiger partial charge in [-0.1, -0.05) is 30.8 Å². The number of nitrogens with zero attached hydrogens (tertiary/aromatic N) is 3. The van der Waals surface area contributed by atoms with Gasteiger partial charge < -0.3 is 9.84 Å². The van der Waals surface area contributed by atoms with Gasteiger partial charge in [0.1, 0.15) is 0 Å². The molecule has 0 saturated carbocycles. The summed E-state index contributed by atoms with van der Waals surface area (Å²) in [6, 6.07) is 0. The molecule has 0 spiro atoms. The van der Waals surface area contributed by atoms with E-state index in [1.807, 2.05) is 11.8 Å². The third kappa shape index (κ3) is 4.01. The molecule has 1 aliphatic heterocycles. The molecule has 0 aliphatic carbocycles. The van der Waals surface area contributed by atoms with Gasteiger partial charge in [0, 0.05) is 25.1 Å². The Hall–Kier alpha value is -1.04. The van der Waals surface area contributed by atoms with Crippen LogP contribution in [0, 0.1) is 12.8 Å². The normalized spacial score (nSPS) is 19.3. The largest absolute Gasteiger partial charge is 0.364 e. The Kier molecular flexibility index (Phi) is 4.63. The van der Waals surface area contributed by atoms with Crippen molar-refractivity contribution in [2.24, 2.45) is 10.9 Å². The molecule has 1 N–H and O–H groups in total. The molecule has 0 aromatic carbocycles. The van der Waals surface area contributed by atoms with Gasteiger partial charge in [-0.25, -0.2) is 0 Å². The van der Waals surface area contributed by atoms with Gasteiger partial charge in [0.15, 0.2) is 11.0 Å². The fourth-order valence-corrected chi connectivity index (χ4v) is 3.17. The summed E-state index contributed by atoms with van der Waals surface area (Å²) in [5.41, 5.74) is 0. The lowest BCUT2D eigenvalue weighted by atomic mass is 10.1. The molecule has 5 nitrogen and oxygen atoms in total. The van der Waals surface area contributed by atoms with Crippen molar-refractivity contribution in [3.05, 3.63) is 11.7 Å². The maximum Gasteiger partial charge on any atom is 0.223 e. The second-order valence-corrected chi connectivity index (χ2v) is 6.21. The standard InChI is InChI=1S/C12H20N4OS/c1-8(2)6-10-7-14-12(18-10)13-5-4-11-15-9(3)17-16-11/h8,10H,4-7H2,1-3H3,(H,13,14). The molecule has 0 radical (unpaired) electrons. The Labute approximate surface area is 112 Å². The molecule has 1 unspecified atom stereocenters. The van der Waals surface area contributed by atoms with E-state index in [1.165, 1.54) is 6.42 Å². The topological polar surface area (TPSA) is 63.3 Å². The molecule has 0 amide bonds. The molecule has 0 bridgehead atoms. The Bertz CT molecular complexity index is 416. The van der Waals surface area contributed by atoms with Gasteiger partial charge in [0.2, 0.25) is 5.89 Å². The van der Waals surface area contributed by atoms with Gasteiger partial charge in [0.05, 0.1) is 6.54 Å². The molecule has 0 fully saturated rings. The average molecular weight is 268 g/mol. The van der Waals surface area contributed by atoms with Gasteiger partial charge in [-0.05, 0) is 12.3 Å². The molecule has 1 aromatic heterocycles. The highest BCUT2D eigenvalue weighted by Crippen LogP contribution is 2.25. The van der Waals surface area contributed by atoms with Crippen LogP contribution < -0.4 is 5.32 Å². The van der Waals surface area contributed by atoms with E-state index in [2.05, 4.69) is 34.3 Å². The number of rotatable bonds is 5. The minimum Gasteiger partial charge on any atom is -0.364 e. The van der Waals surface area contributed by atoms with Crippen LogP contribution in [-0.4, -0.2) is 33.6 Å². The van der Waals surface area contributed by atoms with E-state index < -0.39 is 0 Å². The van der Waals surface area contributed by atoms with Crippen molar-refractivity contribution in [2.45, 2.75) is 38.9 Å². The Morgan fingerprint density at radius 1 is 1.50 bits per heavy atom. The first kappa shape index (κ1) is 13.4. The molecule has 18 heavy (non-hydrogen) atoms. The van der Waals surface area contributed by atoms with Gasteiger partial charge in [-0.3, -0.25) is 4.99 Å². The summed E-state index contributed by atoms with van der Waals surface area (Å²) in [6.07, 6.45) is 2.00. The van der Waals surface area contributed by atoms with Crippen LogP contribution >= 0.6 is 11.8 Å². The van der Waals surface area contributed by atoms with Crippen LogP contribution in [0.4, 0.5) is 0 Å². The van der Waals surface area contributed by atoms with Crippen molar-refractivity contribution in [3.8, 4) is 0 Å². The van der Waals surface area contributed by atoms with E-state index in [-0.39, 0.29) is 0 Å². The Morgan fingerprint density at radius 2 is 2.33 bits per heavy atom. The Balaban J connectivity index is 1.66. The lowest BCUT2D eigenvalue weighted by Gasteiger charge is -2.10. The van der Waals surface area contributed by atoms with Crippen LogP contribution in [0.1, 0.15) is 32.0 Å². The third-order valence-electron chi connectivity index (χ3n) is 2.65. The fourth-order valence-electron chi connectivity index (χ4n) is 1.89. The smallest absolute Gasteiger partial charge is 0.223 e. The second-order valence-electron chi connectivity index (χ2n) is 4.92. The van der Waals surface area contributed by atoms with Crippen LogP contribution in [0.15, 0.2) is 9.52 Å². The van der Waals surface area contributed by atoms with Crippen LogP contribution in [0.25, 0.3) is 0 Å². The highest BCUT2D eigenvalue weighted by Gasteiger charge is 2.20. The van der Waals surface area contributed by atoms with Crippen LogP contribution in [-0.2, 0) is 6.42 Å². The molecule has 2 rings (SSSR count). The van der Waals surface area contributed by atoms with Crippen LogP contribution in [0.5, 0.6) is 0 Å². The number of aliphatic imine (C=N–C) groups is 1. The van der Waals surface area contributed by atoms with Crippen molar-refractivity contribution in [1.82, 2.24) is 15.5 Å². The SMILES string of the molecule is Cc1nc(CCNC2=NCC(CC(C)C)S2)no1. The Morgan fingerprint density at radius 3 is 3.00 bits per heavy atom. The molecule has 1 aromatic rings. The van der Waals surface area contributed by atoms with Crippen molar-refractivity contribution in [2.75, 3.05) is 13.1 Å². The van der Waals surface area contributed by atoms with E-state index in [4.69, 9.17) is 4.52 Å². The number of hydrogen-bond acceptors (Lipinski definition) is 6. The zero-order valence-electron chi connectivity index (χ0n) is 11.1. The zero-order chi connectivity index (χ0) is 13.0. The lowest BCUT2D eigenvalue weighted by molar-refractivity contribution is 0.387. The minimum absolute atomic E-state index is 0.620. The van der Waals surface area contributed by atoms with E-state index in [0.29, 0.717) is 11.1 Å². The number of amidine groups is 1. The number of thioether (sulfide) groups is 1. The molecule has 1 atom stereocenters. The van der Waals surface area contributed by atoms with E-state index in [1.54, 1.807) is 6.92 Å². The number of aromatic nitrogens is 2. The number of hydrogen-bond donors (Lipinski definition) is 1. The summed E-state index contributed by atoms with van der Waals surface area (Å²) in [4.78, 5) is 8.68. The molecule has 6 heteroatoms. The fraction of sp³-hybridized carbons (Fsp3) is 0.750. The first-order valence-electron chi connectivity index (χ1n) is 6.37. The number of aryl methyl sites for hydroxylation is 1. The second kappa shape index (κ2) is 6.22. The predicted molar refractivity (Wildman–Crippen MR) is 73.9 cm³/mol. The minimum atomic E-state index is 0.620. The maximum atomic E-state index is 4.92. The van der Waals surface area contributed by atoms with E-state index >= 15 is 0 Å². The van der Waals surface area contributed by atoms with Crippen molar-refractivity contribution in [3.63, 3.8) is 0 Å². The van der Waals surface area contributed by atoms with Gasteiger partial charge in [-0.15, -0.1) is 0 Å².